The molecule has 0 spiro atoms. The average Bonchev–Trinajstić information content (AvgIpc) is 2.88. The molecule has 19 heavy (non-hydrogen) atoms. The number of benzene rings is 1. The van der Waals surface area contributed by atoms with E-state index < -0.39 is 6.04 Å². The fourth-order valence-electron chi connectivity index (χ4n) is 1.78. The normalized spacial score (nSPS) is 12.1. The first kappa shape index (κ1) is 13.7. The van der Waals surface area contributed by atoms with E-state index >= 15 is 0 Å². The van der Waals surface area contributed by atoms with E-state index in [2.05, 4.69) is 10.3 Å². The lowest BCUT2D eigenvalue weighted by molar-refractivity contribution is -0.117. The fourth-order valence-corrected chi connectivity index (χ4v) is 2.49. The van der Waals surface area contributed by atoms with Crippen molar-refractivity contribution in [2.45, 2.75) is 25.8 Å². The van der Waals surface area contributed by atoms with Crippen molar-refractivity contribution < 1.29 is 4.79 Å². The third kappa shape index (κ3) is 3.39. The van der Waals surface area contributed by atoms with Crippen molar-refractivity contribution >= 4 is 22.2 Å². The topological polar surface area (TPSA) is 68.0 Å². The molecule has 0 aliphatic heterocycles. The molecule has 0 aliphatic rings. The Hall–Kier alpha value is -1.72. The molecular weight excluding hydrogens is 258 g/mol. The van der Waals surface area contributed by atoms with Gasteiger partial charge in [-0.1, -0.05) is 43.7 Å². The van der Waals surface area contributed by atoms with Crippen molar-refractivity contribution in [3.8, 4) is 11.3 Å². The van der Waals surface area contributed by atoms with Crippen LogP contribution in [0.4, 0.5) is 5.00 Å². The highest BCUT2D eigenvalue weighted by molar-refractivity contribution is 7.14. The number of carbonyl (C=O) groups is 1. The molecule has 4 nitrogen and oxygen atoms in total. The maximum atomic E-state index is 11.9. The molecule has 0 fully saturated rings. The Bertz CT molecular complexity index is 539. The van der Waals surface area contributed by atoms with E-state index in [9.17, 15) is 4.79 Å². The first-order valence-corrected chi connectivity index (χ1v) is 7.15. The number of thiazole rings is 1. The molecule has 1 unspecified atom stereocenters. The second-order valence-corrected chi connectivity index (χ2v) is 5.14. The Balaban J connectivity index is 2.15. The van der Waals surface area contributed by atoms with Gasteiger partial charge >= 0.3 is 0 Å². The van der Waals surface area contributed by atoms with Crippen molar-refractivity contribution in [1.29, 1.82) is 0 Å². The minimum atomic E-state index is -0.462. The Labute approximate surface area is 116 Å². The van der Waals surface area contributed by atoms with Crippen LogP contribution in [-0.2, 0) is 4.79 Å². The maximum absolute atomic E-state index is 11.9. The van der Waals surface area contributed by atoms with Gasteiger partial charge in [-0.25, -0.2) is 4.98 Å². The van der Waals surface area contributed by atoms with Crippen molar-refractivity contribution in [2.75, 3.05) is 5.32 Å². The van der Waals surface area contributed by atoms with E-state index in [4.69, 9.17) is 5.73 Å². The lowest BCUT2D eigenvalue weighted by Crippen LogP contribution is -2.35. The second-order valence-electron chi connectivity index (χ2n) is 4.28. The van der Waals surface area contributed by atoms with Crippen LogP contribution in [0, 0.1) is 0 Å². The highest BCUT2D eigenvalue weighted by Crippen LogP contribution is 2.30. The zero-order chi connectivity index (χ0) is 13.7. The van der Waals surface area contributed by atoms with Crippen molar-refractivity contribution in [2.24, 2.45) is 5.73 Å². The highest BCUT2D eigenvalue weighted by Gasteiger charge is 2.16. The van der Waals surface area contributed by atoms with Gasteiger partial charge in [-0.15, -0.1) is 11.3 Å². The molecule has 5 heteroatoms. The zero-order valence-electron chi connectivity index (χ0n) is 10.8. The van der Waals surface area contributed by atoms with Crippen LogP contribution < -0.4 is 11.1 Å². The van der Waals surface area contributed by atoms with Gasteiger partial charge in [0.1, 0.15) is 10.7 Å². The molecule has 1 heterocycles. The molecule has 2 rings (SSSR count). The molecule has 1 atom stereocenters. The molecule has 2 aromatic rings. The van der Waals surface area contributed by atoms with Crippen LogP contribution in [0.3, 0.4) is 0 Å². The van der Waals surface area contributed by atoms with Gasteiger partial charge in [0.2, 0.25) is 5.91 Å². The SMILES string of the molecule is CCCC(N)C(=O)Nc1scnc1-c1ccccc1. The summed E-state index contributed by atoms with van der Waals surface area (Å²) in [6, 6.07) is 9.32. The summed E-state index contributed by atoms with van der Waals surface area (Å²) in [5.74, 6) is -0.150. The third-order valence-corrected chi connectivity index (χ3v) is 3.53. The minimum Gasteiger partial charge on any atom is -0.320 e. The number of nitrogens with one attached hydrogen (secondary N) is 1. The summed E-state index contributed by atoms with van der Waals surface area (Å²) >= 11 is 1.41. The van der Waals surface area contributed by atoms with Gasteiger partial charge in [0.05, 0.1) is 11.6 Å². The van der Waals surface area contributed by atoms with Crippen LogP contribution in [0.2, 0.25) is 0 Å². The van der Waals surface area contributed by atoms with E-state index in [1.165, 1.54) is 11.3 Å². The monoisotopic (exact) mass is 275 g/mol. The van der Waals surface area contributed by atoms with Gasteiger partial charge in [0.25, 0.3) is 0 Å². The summed E-state index contributed by atoms with van der Waals surface area (Å²) < 4.78 is 0. The molecule has 1 amide bonds. The van der Waals surface area contributed by atoms with E-state index in [1.807, 2.05) is 37.3 Å². The summed E-state index contributed by atoms with van der Waals surface area (Å²) in [6.45, 7) is 2.01. The Kier molecular flexibility index (Phi) is 4.65. The number of amides is 1. The van der Waals surface area contributed by atoms with Gasteiger partial charge in [-0.3, -0.25) is 4.79 Å². The number of hydrogen-bond donors (Lipinski definition) is 2. The molecule has 100 valence electrons. The van der Waals surface area contributed by atoms with Crippen LogP contribution in [0.15, 0.2) is 35.8 Å². The maximum Gasteiger partial charge on any atom is 0.241 e. The predicted molar refractivity (Wildman–Crippen MR) is 79.1 cm³/mol. The number of nitrogens with two attached hydrogens (primary N) is 1. The van der Waals surface area contributed by atoms with E-state index in [-0.39, 0.29) is 5.91 Å². The van der Waals surface area contributed by atoms with E-state index in [1.54, 1.807) is 5.51 Å². The third-order valence-electron chi connectivity index (χ3n) is 2.79. The zero-order valence-corrected chi connectivity index (χ0v) is 11.6. The Morgan fingerprint density at radius 1 is 1.42 bits per heavy atom. The first-order valence-electron chi connectivity index (χ1n) is 6.27. The standard InChI is InChI=1S/C14H17N3OS/c1-2-6-11(15)13(18)17-14-12(16-9-19-14)10-7-4-3-5-8-10/h3-5,7-9,11H,2,6,15H2,1H3,(H,17,18). The molecule has 0 saturated carbocycles. The van der Waals surface area contributed by atoms with Gasteiger partial charge in [0, 0.05) is 5.56 Å². The number of aromatic nitrogens is 1. The van der Waals surface area contributed by atoms with Crippen LogP contribution in [0.5, 0.6) is 0 Å². The summed E-state index contributed by atoms with van der Waals surface area (Å²) in [7, 11) is 0. The summed E-state index contributed by atoms with van der Waals surface area (Å²) in [5, 5.41) is 3.62. The molecule has 0 aliphatic carbocycles. The van der Waals surface area contributed by atoms with E-state index in [0.717, 1.165) is 22.7 Å². The van der Waals surface area contributed by atoms with Crippen LogP contribution in [0.25, 0.3) is 11.3 Å². The lowest BCUT2D eigenvalue weighted by atomic mass is 10.1. The molecule has 0 bridgehead atoms. The van der Waals surface area contributed by atoms with Gasteiger partial charge < -0.3 is 11.1 Å². The predicted octanol–water partition coefficient (Wildman–Crippen LogP) is 2.88. The molecule has 0 radical (unpaired) electrons. The number of anilines is 1. The molecule has 0 saturated heterocycles. The lowest BCUT2D eigenvalue weighted by Gasteiger charge is -2.10. The van der Waals surface area contributed by atoms with Gasteiger partial charge in [-0.05, 0) is 6.42 Å². The average molecular weight is 275 g/mol. The van der Waals surface area contributed by atoms with E-state index in [0.29, 0.717) is 6.42 Å². The Morgan fingerprint density at radius 3 is 2.84 bits per heavy atom. The van der Waals surface area contributed by atoms with Crippen molar-refractivity contribution in [3.05, 3.63) is 35.8 Å². The summed E-state index contributed by atoms with van der Waals surface area (Å²) in [5.41, 5.74) is 9.31. The largest absolute Gasteiger partial charge is 0.320 e. The summed E-state index contributed by atoms with van der Waals surface area (Å²) in [4.78, 5) is 16.2. The number of rotatable bonds is 5. The smallest absolute Gasteiger partial charge is 0.241 e. The second kappa shape index (κ2) is 6.45. The molecule has 1 aromatic heterocycles. The quantitative estimate of drug-likeness (QED) is 0.881. The first-order chi connectivity index (χ1) is 9.22. The number of nitrogens with zero attached hydrogens (tertiary/aromatic N) is 1. The minimum absolute atomic E-state index is 0.150. The van der Waals surface area contributed by atoms with Crippen LogP contribution in [0.1, 0.15) is 19.8 Å². The number of carbonyl (C=O) groups excluding carboxylic acids is 1. The summed E-state index contributed by atoms with van der Waals surface area (Å²) in [6.07, 6.45) is 1.58. The van der Waals surface area contributed by atoms with Gasteiger partial charge in [-0.2, -0.15) is 0 Å². The molecule has 3 N–H and O–H groups in total. The molecular formula is C14H17N3OS. The highest BCUT2D eigenvalue weighted by atomic mass is 32.1. The van der Waals surface area contributed by atoms with Crippen molar-refractivity contribution in [1.82, 2.24) is 4.98 Å². The van der Waals surface area contributed by atoms with Gasteiger partial charge in [0.15, 0.2) is 0 Å². The fraction of sp³-hybridized carbons (Fsp3) is 0.286. The number of hydrogen-bond acceptors (Lipinski definition) is 4. The van der Waals surface area contributed by atoms with Crippen LogP contribution in [-0.4, -0.2) is 16.9 Å². The Morgan fingerprint density at radius 2 is 2.16 bits per heavy atom. The van der Waals surface area contributed by atoms with Crippen molar-refractivity contribution in [3.63, 3.8) is 0 Å². The molecule has 1 aromatic carbocycles. The van der Waals surface area contributed by atoms with Crippen LogP contribution >= 0.6 is 11.3 Å².